The van der Waals surface area contributed by atoms with Crippen molar-refractivity contribution in [2.24, 2.45) is 0 Å². The molecule has 0 amide bonds. The third-order valence-electron chi connectivity index (χ3n) is 1.66. The van der Waals surface area contributed by atoms with Crippen LogP contribution < -0.4 is 0 Å². The average Bonchev–Trinajstić information content (AvgIpc) is 2.66. The molecule has 1 aromatic carbocycles. The predicted molar refractivity (Wildman–Crippen MR) is 62.6 cm³/mol. The minimum atomic E-state index is 0.383. The Labute approximate surface area is 100 Å². The van der Waals surface area contributed by atoms with Crippen LogP contribution in [-0.4, -0.2) is 4.98 Å². The fourth-order valence-corrected chi connectivity index (χ4v) is 2.27. The molecule has 0 saturated heterocycles. The van der Waals surface area contributed by atoms with Crippen LogP contribution in [0.3, 0.4) is 0 Å². The zero-order valence-electron chi connectivity index (χ0n) is 6.80. The van der Waals surface area contributed by atoms with E-state index in [4.69, 9.17) is 34.8 Å². The summed E-state index contributed by atoms with van der Waals surface area (Å²) in [6.07, 6.45) is 1.73. The zero-order valence-corrected chi connectivity index (χ0v) is 9.88. The van der Waals surface area contributed by atoms with E-state index in [9.17, 15) is 0 Å². The van der Waals surface area contributed by atoms with Gasteiger partial charge in [-0.05, 0) is 12.1 Å². The van der Waals surface area contributed by atoms with E-state index in [2.05, 4.69) is 4.98 Å². The average molecular weight is 265 g/mol. The van der Waals surface area contributed by atoms with Gasteiger partial charge in [-0.25, -0.2) is 4.98 Å². The Bertz CT molecular complexity index is 430. The second-order valence-corrected chi connectivity index (χ2v) is 4.68. The monoisotopic (exact) mass is 263 g/mol. The Kier molecular flexibility index (Phi) is 2.98. The lowest BCUT2D eigenvalue weighted by molar-refractivity contribution is 1.41. The van der Waals surface area contributed by atoms with Gasteiger partial charge >= 0.3 is 0 Å². The molecule has 0 aliphatic carbocycles. The molecule has 0 bridgehead atoms. The van der Waals surface area contributed by atoms with Crippen LogP contribution in [0.15, 0.2) is 23.7 Å². The van der Waals surface area contributed by atoms with Gasteiger partial charge in [0, 0.05) is 17.1 Å². The second-order valence-electron chi connectivity index (χ2n) is 2.59. The predicted octanol–water partition coefficient (Wildman–Crippen LogP) is 4.77. The smallest absolute Gasteiger partial charge is 0.123 e. The largest absolute Gasteiger partial charge is 0.245 e. The van der Waals surface area contributed by atoms with Gasteiger partial charge in [-0.2, -0.15) is 0 Å². The lowest BCUT2D eigenvalue weighted by Gasteiger charge is -2.02. The van der Waals surface area contributed by atoms with Gasteiger partial charge < -0.3 is 0 Å². The Hall–Kier alpha value is -0.280. The Morgan fingerprint density at radius 3 is 2.21 bits per heavy atom. The minimum Gasteiger partial charge on any atom is -0.245 e. The molecule has 0 radical (unpaired) electrons. The number of nitrogens with zero attached hydrogens (tertiary/aromatic N) is 1. The second kappa shape index (κ2) is 4.07. The van der Waals surface area contributed by atoms with Crippen LogP contribution in [0.2, 0.25) is 15.1 Å². The molecular formula is C9H4Cl3NS. The van der Waals surface area contributed by atoms with E-state index in [0.29, 0.717) is 15.1 Å². The number of halogens is 3. The van der Waals surface area contributed by atoms with Crippen molar-refractivity contribution in [1.29, 1.82) is 0 Å². The number of rotatable bonds is 1. The molecule has 72 valence electrons. The summed E-state index contributed by atoms with van der Waals surface area (Å²) in [5, 5.41) is 4.05. The van der Waals surface area contributed by atoms with E-state index in [1.165, 1.54) is 11.3 Å². The number of thiazole rings is 1. The first-order valence-corrected chi connectivity index (χ1v) is 5.74. The van der Waals surface area contributed by atoms with Gasteiger partial charge in [0.05, 0.1) is 15.1 Å². The van der Waals surface area contributed by atoms with E-state index in [1.807, 2.05) is 5.38 Å². The molecule has 1 heterocycles. The summed E-state index contributed by atoms with van der Waals surface area (Å²) in [4.78, 5) is 4.16. The number of aromatic nitrogens is 1. The number of benzene rings is 1. The maximum Gasteiger partial charge on any atom is 0.123 e. The molecule has 1 nitrogen and oxygen atoms in total. The van der Waals surface area contributed by atoms with Crippen LogP contribution in [0.4, 0.5) is 0 Å². The van der Waals surface area contributed by atoms with Crippen molar-refractivity contribution in [2.45, 2.75) is 0 Å². The molecule has 14 heavy (non-hydrogen) atoms. The van der Waals surface area contributed by atoms with E-state index in [1.54, 1.807) is 18.3 Å². The van der Waals surface area contributed by atoms with Crippen molar-refractivity contribution >= 4 is 46.1 Å². The summed E-state index contributed by atoms with van der Waals surface area (Å²) in [7, 11) is 0. The molecular weight excluding hydrogens is 261 g/mol. The van der Waals surface area contributed by atoms with Gasteiger partial charge in [0.15, 0.2) is 0 Å². The highest BCUT2D eigenvalue weighted by molar-refractivity contribution is 7.13. The summed E-state index contributed by atoms with van der Waals surface area (Å²) in [6, 6.07) is 3.52. The van der Waals surface area contributed by atoms with Crippen molar-refractivity contribution < 1.29 is 0 Å². The van der Waals surface area contributed by atoms with E-state index in [0.717, 1.165) is 10.6 Å². The molecule has 5 heteroatoms. The van der Waals surface area contributed by atoms with Crippen LogP contribution in [0.1, 0.15) is 0 Å². The van der Waals surface area contributed by atoms with Crippen molar-refractivity contribution in [2.75, 3.05) is 0 Å². The summed E-state index contributed by atoms with van der Waals surface area (Å²) in [6.45, 7) is 0. The van der Waals surface area contributed by atoms with Crippen molar-refractivity contribution in [1.82, 2.24) is 4.98 Å². The molecule has 0 aliphatic rings. The third kappa shape index (κ3) is 1.89. The van der Waals surface area contributed by atoms with Crippen molar-refractivity contribution in [3.05, 3.63) is 38.8 Å². The number of hydrogen-bond donors (Lipinski definition) is 0. The standard InChI is InChI=1S/C9H4Cl3NS/c10-6-3-5(4-7(11)8(6)12)9-13-1-2-14-9/h1-4H. The van der Waals surface area contributed by atoms with Gasteiger partial charge in [-0.3, -0.25) is 0 Å². The first-order chi connectivity index (χ1) is 6.68. The molecule has 1 aromatic heterocycles. The van der Waals surface area contributed by atoms with E-state index in [-0.39, 0.29) is 0 Å². The van der Waals surface area contributed by atoms with Gasteiger partial charge in [0.1, 0.15) is 5.01 Å². The molecule has 0 fully saturated rings. The van der Waals surface area contributed by atoms with E-state index < -0.39 is 0 Å². The molecule has 0 atom stereocenters. The maximum absolute atomic E-state index is 5.90. The highest BCUT2D eigenvalue weighted by Crippen LogP contribution is 2.35. The zero-order chi connectivity index (χ0) is 10.1. The van der Waals surface area contributed by atoms with Gasteiger partial charge in [0.2, 0.25) is 0 Å². The van der Waals surface area contributed by atoms with Gasteiger partial charge in [0.25, 0.3) is 0 Å². The topological polar surface area (TPSA) is 12.9 Å². The van der Waals surface area contributed by atoms with Crippen LogP contribution >= 0.6 is 46.1 Å². The Morgan fingerprint density at radius 2 is 1.71 bits per heavy atom. The molecule has 2 aromatic rings. The van der Waals surface area contributed by atoms with Crippen LogP contribution in [0.25, 0.3) is 10.6 Å². The SMILES string of the molecule is Clc1cc(-c2nccs2)cc(Cl)c1Cl. The highest BCUT2D eigenvalue weighted by Gasteiger charge is 2.08. The number of hydrogen-bond acceptors (Lipinski definition) is 2. The molecule has 2 rings (SSSR count). The van der Waals surface area contributed by atoms with Gasteiger partial charge in [-0.15, -0.1) is 11.3 Å². The van der Waals surface area contributed by atoms with Crippen LogP contribution in [-0.2, 0) is 0 Å². The maximum atomic E-state index is 5.90. The first kappa shape index (κ1) is 10.2. The Morgan fingerprint density at radius 1 is 1.07 bits per heavy atom. The Balaban J connectivity index is 2.57. The van der Waals surface area contributed by atoms with Crippen molar-refractivity contribution in [3.63, 3.8) is 0 Å². The summed E-state index contributed by atoms with van der Waals surface area (Å²) in [5.41, 5.74) is 0.888. The molecule has 0 aliphatic heterocycles. The first-order valence-electron chi connectivity index (χ1n) is 3.73. The molecule has 0 spiro atoms. The lowest BCUT2D eigenvalue weighted by Crippen LogP contribution is -1.78. The fourth-order valence-electron chi connectivity index (χ4n) is 1.05. The summed E-state index contributed by atoms with van der Waals surface area (Å²) >= 11 is 19.2. The quantitative estimate of drug-likeness (QED) is 0.676. The van der Waals surface area contributed by atoms with Gasteiger partial charge in [-0.1, -0.05) is 34.8 Å². The van der Waals surface area contributed by atoms with Crippen LogP contribution in [0.5, 0.6) is 0 Å². The molecule has 0 saturated carbocycles. The molecule has 0 unspecified atom stereocenters. The minimum absolute atomic E-state index is 0.383. The summed E-state index contributed by atoms with van der Waals surface area (Å²) < 4.78 is 0. The molecule has 0 N–H and O–H groups in total. The summed E-state index contributed by atoms with van der Waals surface area (Å²) in [5.74, 6) is 0. The lowest BCUT2D eigenvalue weighted by atomic mass is 10.2. The van der Waals surface area contributed by atoms with Crippen molar-refractivity contribution in [3.8, 4) is 10.6 Å². The van der Waals surface area contributed by atoms with E-state index >= 15 is 0 Å². The van der Waals surface area contributed by atoms with Crippen LogP contribution in [0, 0.1) is 0 Å². The third-order valence-corrected chi connectivity index (χ3v) is 3.68. The normalized spacial score (nSPS) is 10.5. The fraction of sp³-hybridized carbons (Fsp3) is 0. The highest BCUT2D eigenvalue weighted by atomic mass is 35.5.